The highest BCUT2D eigenvalue weighted by molar-refractivity contribution is 5.93. The van der Waals surface area contributed by atoms with Gasteiger partial charge < -0.3 is 14.0 Å². The molecule has 0 atom stereocenters. The monoisotopic (exact) mass is 399 g/mol. The third-order valence-corrected chi connectivity index (χ3v) is 4.79. The average Bonchev–Trinajstić information content (AvgIpc) is 3.01. The lowest BCUT2D eigenvalue weighted by molar-refractivity contribution is -0.174. The molecule has 0 spiro atoms. The van der Waals surface area contributed by atoms with Gasteiger partial charge >= 0.3 is 12.1 Å². The van der Waals surface area contributed by atoms with E-state index >= 15 is 0 Å². The van der Waals surface area contributed by atoms with Crippen molar-refractivity contribution in [2.45, 2.75) is 38.5 Å². The summed E-state index contributed by atoms with van der Waals surface area (Å²) in [4.78, 5) is 18.8. The molecule has 1 aliphatic rings. The van der Waals surface area contributed by atoms with Gasteiger partial charge in [0, 0.05) is 6.54 Å². The number of methoxy groups -OCH3 is 1. The number of rotatable bonds is 7. The fraction of sp³-hybridized carbons (Fsp3) is 0.579. The van der Waals surface area contributed by atoms with Crippen LogP contribution in [0.15, 0.2) is 18.2 Å². The van der Waals surface area contributed by atoms with Gasteiger partial charge in [-0.25, -0.2) is 9.78 Å². The van der Waals surface area contributed by atoms with Crippen LogP contribution in [0.25, 0.3) is 11.0 Å². The number of ether oxygens (including phenoxy) is 2. The largest absolute Gasteiger partial charge is 0.465 e. The first-order valence-corrected chi connectivity index (χ1v) is 9.32. The Kier molecular flexibility index (Phi) is 6.56. The average molecular weight is 399 g/mol. The van der Waals surface area contributed by atoms with Crippen molar-refractivity contribution in [3.63, 3.8) is 0 Å². The molecule has 1 saturated heterocycles. The van der Waals surface area contributed by atoms with Crippen LogP contribution in [0.4, 0.5) is 13.2 Å². The third-order valence-electron chi connectivity index (χ3n) is 4.79. The Morgan fingerprint density at radius 1 is 1.21 bits per heavy atom. The highest BCUT2D eigenvalue weighted by Gasteiger charge is 2.27. The first-order chi connectivity index (χ1) is 13.4. The lowest BCUT2D eigenvalue weighted by Crippen LogP contribution is -2.30. The van der Waals surface area contributed by atoms with Crippen LogP contribution < -0.4 is 0 Å². The Balaban J connectivity index is 1.84. The van der Waals surface area contributed by atoms with Crippen LogP contribution in [-0.4, -0.2) is 60.0 Å². The van der Waals surface area contributed by atoms with Crippen molar-refractivity contribution in [2.75, 3.05) is 33.4 Å². The highest BCUT2D eigenvalue weighted by Crippen LogP contribution is 2.22. The molecule has 2 heterocycles. The molecule has 0 N–H and O–H groups in total. The normalized spacial score (nSPS) is 15.9. The van der Waals surface area contributed by atoms with Gasteiger partial charge in [0.2, 0.25) is 0 Å². The first-order valence-electron chi connectivity index (χ1n) is 9.32. The molecule has 3 rings (SSSR count). The van der Waals surface area contributed by atoms with Gasteiger partial charge in [-0.2, -0.15) is 13.2 Å². The van der Waals surface area contributed by atoms with Gasteiger partial charge in [0.1, 0.15) is 12.4 Å². The van der Waals surface area contributed by atoms with Crippen LogP contribution in [0, 0.1) is 0 Å². The summed E-state index contributed by atoms with van der Waals surface area (Å²) in [5.41, 5.74) is 1.75. The predicted molar refractivity (Wildman–Crippen MR) is 97.1 cm³/mol. The number of likely N-dealkylation sites (tertiary alicyclic amines) is 1. The number of nitrogens with zero attached hydrogens (tertiary/aromatic N) is 3. The lowest BCUT2D eigenvalue weighted by Gasteiger charge is -2.26. The third kappa shape index (κ3) is 5.23. The molecule has 154 valence electrons. The Labute approximate surface area is 161 Å². The van der Waals surface area contributed by atoms with E-state index in [1.54, 1.807) is 18.2 Å². The van der Waals surface area contributed by atoms with Gasteiger partial charge in [-0.05, 0) is 44.1 Å². The minimum atomic E-state index is -4.36. The van der Waals surface area contributed by atoms with E-state index < -0.39 is 18.8 Å². The maximum absolute atomic E-state index is 12.3. The summed E-state index contributed by atoms with van der Waals surface area (Å²) in [5, 5.41) is 0. The first kappa shape index (κ1) is 20.6. The van der Waals surface area contributed by atoms with Gasteiger partial charge in [-0.1, -0.05) is 6.42 Å². The molecule has 9 heteroatoms. The topological polar surface area (TPSA) is 56.6 Å². The number of hydrogen-bond acceptors (Lipinski definition) is 5. The Morgan fingerprint density at radius 2 is 1.96 bits per heavy atom. The van der Waals surface area contributed by atoms with Crippen LogP contribution in [-0.2, 0) is 22.6 Å². The number of piperidine rings is 1. The minimum Gasteiger partial charge on any atom is -0.465 e. The molecule has 1 aromatic heterocycles. The summed E-state index contributed by atoms with van der Waals surface area (Å²) >= 11 is 0. The minimum absolute atomic E-state index is 0.0968. The van der Waals surface area contributed by atoms with Crippen LogP contribution in [0.3, 0.4) is 0 Å². The van der Waals surface area contributed by atoms with E-state index in [9.17, 15) is 18.0 Å². The molecule has 1 aromatic carbocycles. The van der Waals surface area contributed by atoms with E-state index in [0.717, 1.165) is 31.8 Å². The Morgan fingerprint density at radius 3 is 2.64 bits per heavy atom. The quantitative estimate of drug-likeness (QED) is 0.528. The lowest BCUT2D eigenvalue weighted by atomic mass is 10.1. The summed E-state index contributed by atoms with van der Waals surface area (Å²) in [7, 11) is 1.30. The zero-order valence-corrected chi connectivity index (χ0v) is 15.8. The maximum atomic E-state index is 12.3. The Bertz CT molecular complexity index is 814. The molecule has 0 amide bonds. The SMILES string of the molecule is COC(=O)c1ccc2nc(CN3CCCCC3)n(CCOCC(F)(F)F)c2c1. The van der Waals surface area contributed by atoms with Gasteiger partial charge in [0.05, 0.1) is 36.9 Å². The number of esters is 1. The predicted octanol–water partition coefficient (Wildman–Crippen LogP) is 3.39. The van der Waals surface area contributed by atoms with Crippen LogP contribution in [0.1, 0.15) is 35.4 Å². The number of hydrogen-bond donors (Lipinski definition) is 0. The molecule has 0 unspecified atom stereocenters. The van der Waals surface area contributed by atoms with Crippen molar-refractivity contribution < 1.29 is 27.4 Å². The smallest absolute Gasteiger partial charge is 0.411 e. The van der Waals surface area contributed by atoms with E-state index in [1.165, 1.54) is 13.5 Å². The maximum Gasteiger partial charge on any atom is 0.411 e. The summed E-state index contributed by atoms with van der Waals surface area (Å²) in [6.07, 6.45) is -0.894. The number of fused-ring (bicyclic) bond motifs is 1. The van der Waals surface area contributed by atoms with Crippen molar-refractivity contribution in [2.24, 2.45) is 0 Å². The molecule has 0 aliphatic carbocycles. The van der Waals surface area contributed by atoms with Gasteiger partial charge in [0.25, 0.3) is 0 Å². The van der Waals surface area contributed by atoms with E-state index in [-0.39, 0.29) is 13.2 Å². The van der Waals surface area contributed by atoms with Crippen molar-refractivity contribution in [3.8, 4) is 0 Å². The fourth-order valence-electron chi connectivity index (χ4n) is 3.45. The molecule has 2 aromatic rings. The van der Waals surface area contributed by atoms with Crippen molar-refractivity contribution in [3.05, 3.63) is 29.6 Å². The molecule has 1 aliphatic heterocycles. The second kappa shape index (κ2) is 8.91. The molecule has 0 saturated carbocycles. The number of imidazole rings is 1. The number of halogens is 3. The molecular formula is C19H24F3N3O3. The second-order valence-electron chi connectivity index (χ2n) is 6.88. The second-order valence-corrected chi connectivity index (χ2v) is 6.88. The molecule has 6 nitrogen and oxygen atoms in total. The highest BCUT2D eigenvalue weighted by atomic mass is 19.4. The molecular weight excluding hydrogens is 375 g/mol. The molecule has 0 bridgehead atoms. The summed E-state index contributed by atoms with van der Waals surface area (Å²) in [6.45, 7) is 1.40. The van der Waals surface area contributed by atoms with E-state index in [0.29, 0.717) is 23.1 Å². The number of benzene rings is 1. The summed E-state index contributed by atoms with van der Waals surface area (Å²) in [6, 6.07) is 5.03. The number of aromatic nitrogens is 2. The van der Waals surface area contributed by atoms with E-state index in [4.69, 9.17) is 9.47 Å². The number of carbonyl (C=O) groups is 1. The van der Waals surface area contributed by atoms with Crippen LogP contribution >= 0.6 is 0 Å². The zero-order valence-electron chi connectivity index (χ0n) is 15.8. The summed E-state index contributed by atoms with van der Waals surface area (Å²) in [5.74, 6) is 0.287. The van der Waals surface area contributed by atoms with Crippen LogP contribution in [0.5, 0.6) is 0 Å². The molecule has 1 fully saturated rings. The zero-order chi connectivity index (χ0) is 20.1. The van der Waals surface area contributed by atoms with E-state index in [2.05, 4.69) is 9.88 Å². The van der Waals surface area contributed by atoms with Gasteiger partial charge in [0.15, 0.2) is 0 Å². The van der Waals surface area contributed by atoms with Crippen LogP contribution in [0.2, 0.25) is 0 Å². The fourth-order valence-corrected chi connectivity index (χ4v) is 3.45. The van der Waals surface area contributed by atoms with Crippen molar-refractivity contribution in [1.29, 1.82) is 0 Å². The molecule has 0 radical (unpaired) electrons. The van der Waals surface area contributed by atoms with E-state index in [1.807, 2.05) is 4.57 Å². The Hall–Kier alpha value is -2.13. The van der Waals surface area contributed by atoms with Gasteiger partial charge in [-0.3, -0.25) is 4.90 Å². The number of alkyl halides is 3. The summed E-state index contributed by atoms with van der Waals surface area (Å²) < 4.78 is 48.4. The van der Waals surface area contributed by atoms with Gasteiger partial charge in [-0.15, -0.1) is 0 Å². The molecule has 28 heavy (non-hydrogen) atoms. The van der Waals surface area contributed by atoms with Crippen molar-refractivity contribution >= 4 is 17.0 Å². The van der Waals surface area contributed by atoms with Crippen molar-refractivity contribution in [1.82, 2.24) is 14.5 Å². The number of carbonyl (C=O) groups excluding carboxylic acids is 1. The standard InChI is InChI=1S/C19H24F3N3O3/c1-27-18(26)14-5-6-15-16(11-14)25(9-10-28-13-19(20,21)22)17(23-15)12-24-7-3-2-4-8-24/h5-6,11H,2-4,7-10,12-13H2,1H3.